The van der Waals surface area contributed by atoms with E-state index >= 15 is 0 Å². The molecule has 0 aliphatic heterocycles. The Bertz CT molecular complexity index is 627. The highest BCUT2D eigenvalue weighted by Crippen LogP contribution is 2.13. The average Bonchev–Trinajstić information content (AvgIpc) is 2.79. The molecule has 0 fully saturated rings. The number of benzene rings is 1. The molecule has 0 radical (unpaired) electrons. The van der Waals surface area contributed by atoms with Crippen LogP contribution in [0.15, 0.2) is 36.5 Å². The van der Waals surface area contributed by atoms with Crippen molar-refractivity contribution >= 4 is 23.3 Å². The van der Waals surface area contributed by atoms with Crippen LogP contribution in [0.3, 0.4) is 0 Å². The van der Waals surface area contributed by atoms with Crippen molar-refractivity contribution in [2.75, 3.05) is 0 Å². The van der Waals surface area contributed by atoms with E-state index < -0.39 is 4.92 Å². The van der Waals surface area contributed by atoms with E-state index in [2.05, 4.69) is 4.98 Å². The summed E-state index contributed by atoms with van der Waals surface area (Å²) in [5, 5.41) is 10.6. The molecule has 0 aliphatic carbocycles. The molecule has 0 unspecified atom stereocenters. The maximum absolute atomic E-state index is 10.7. The second-order valence-electron chi connectivity index (χ2n) is 3.80. The Balaban J connectivity index is 1.92. The number of aromatic nitrogens is 2. The van der Waals surface area contributed by atoms with Gasteiger partial charge < -0.3 is 19.6 Å². The molecular weight excluding hydrogens is 282 g/mol. The van der Waals surface area contributed by atoms with Gasteiger partial charge in [-0.1, -0.05) is 18.2 Å². The second kappa shape index (κ2) is 6.11. The number of hydrogen-bond acceptors (Lipinski definition) is 6. The van der Waals surface area contributed by atoms with Crippen LogP contribution in [-0.4, -0.2) is 19.7 Å². The Morgan fingerprint density at radius 2 is 2.15 bits per heavy atom. The first-order valence-corrected chi connectivity index (χ1v) is 6.03. The van der Waals surface area contributed by atoms with Crippen molar-refractivity contribution < 1.29 is 14.4 Å². The van der Waals surface area contributed by atoms with Crippen LogP contribution >= 0.6 is 12.2 Å². The van der Waals surface area contributed by atoms with Crippen molar-refractivity contribution in [3.8, 4) is 5.75 Å². The van der Waals surface area contributed by atoms with Crippen LogP contribution in [0.2, 0.25) is 0 Å². The van der Waals surface area contributed by atoms with Crippen molar-refractivity contribution in [3.63, 3.8) is 0 Å². The zero-order valence-corrected chi connectivity index (χ0v) is 11.4. The zero-order chi connectivity index (χ0) is 14.5. The Morgan fingerprint density at radius 1 is 1.45 bits per heavy atom. The minimum Gasteiger partial charge on any atom is -0.446 e. The maximum atomic E-state index is 10.7. The van der Waals surface area contributed by atoms with Gasteiger partial charge in [-0.3, -0.25) is 0 Å². The topological polar surface area (TPSA) is 79.4 Å². The van der Waals surface area contributed by atoms with Crippen LogP contribution in [0, 0.1) is 10.1 Å². The van der Waals surface area contributed by atoms with Crippen LogP contribution < -0.4 is 4.74 Å². The monoisotopic (exact) mass is 293 g/mol. The van der Waals surface area contributed by atoms with Crippen LogP contribution in [-0.2, 0) is 18.4 Å². The molecule has 7 nitrogen and oxygen atoms in total. The van der Waals surface area contributed by atoms with Gasteiger partial charge in [-0.15, -0.1) is 0 Å². The number of nitro groups is 1. The fourth-order valence-corrected chi connectivity index (χ4v) is 1.63. The number of thiocarbonyl (C=S) groups is 1. The summed E-state index contributed by atoms with van der Waals surface area (Å²) in [4.78, 5) is 14.0. The van der Waals surface area contributed by atoms with Crippen LogP contribution in [0.1, 0.15) is 5.82 Å². The molecule has 1 aromatic carbocycles. The van der Waals surface area contributed by atoms with E-state index in [9.17, 15) is 10.1 Å². The minimum atomic E-state index is -0.519. The van der Waals surface area contributed by atoms with Gasteiger partial charge in [-0.2, -0.15) is 0 Å². The largest absolute Gasteiger partial charge is 0.446 e. The van der Waals surface area contributed by atoms with Gasteiger partial charge in [-0.25, -0.2) is 9.55 Å². The molecule has 0 aliphatic rings. The molecule has 0 spiro atoms. The SMILES string of the molecule is Cn1c([N+](=O)[O-])cnc1COC(=S)Oc1ccccc1. The number of imidazole rings is 1. The lowest BCUT2D eigenvalue weighted by atomic mass is 10.3. The molecule has 0 saturated heterocycles. The average molecular weight is 293 g/mol. The molecule has 0 atom stereocenters. The molecule has 0 amide bonds. The van der Waals surface area contributed by atoms with Gasteiger partial charge in [0.25, 0.3) is 0 Å². The van der Waals surface area contributed by atoms with Gasteiger partial charge in [0.2, 0.25) is 5.82 Å². The van der Waals surface area contributed by atoms with E-state index in [0.717, 1.165) is 0 Å². The first-order valence-electron chi connectivity index (χ1n) is 5.62. The van der Waals surface area contributed by atoms with Crippen molar-refractivity contribution in [3.05, 3.63) is 52.5 Å². The fourth-order valence-electron chi connectivity index (χ4n) is 1.48. The van der Waals surface area contributed by atoms with E-state index in [1.807, 2.05) is 6.07 Å². The smallest absolute Gasteiger partial charge is 0.358 e. The molecule has 0 saturated carbocycles. The van der Waals surface area contributed by atoms with Crippen molar-refractivity contribution in [1.82, 2.24) is 9.55 Å². The maximum Gasteiger partial charge on any atom is 0.358 e. The fraction of sp³-hybridized carbons (Fsp3) is 0.167. The summed E-state index contributed by atoms with van der Waals surface area (Å²) in [7, 11) is 1.53. The number of hydrogen-bond donors (Lipinski definition) is 0. The van der Waals surface area contributed by atoms with Crippen LogP contribution in [0.4, 0.5) is 5.82 Å². The highest BCUT2D eigenvalue weighted by atomic mass is 32.1. The quantitative estimate of drug-likeness (QED) is 0.488. The number of rotatable bonds is 4. The highest BCUT2D eigenvalue weighted by Gasteiger charge is 2.17. The van der Waals surface area contributed by atoms with Crippen molar-refractivity contribution in [2.24, 2.45) is 7.05 Å². The van der Waals surface area contributed by atoms with Gasteiger partial charge in [0.15, 0.2) is 6.61 Å². The molecular formula is C12H11N3O4S. The summed E-state index contributed by atoms with van der Waals surface area (Å²) < 4.78 is 11.8. The molecule has 2 rings (SSSR count). The predicted molar refractivity (Wildman–Crippen MR) is 74.3 cm³/mol. The third-order valence-corrected chi connectivity index (χ3v) is 2.71. The normalized spacial score (nSPS) is 10.1. The van der Waals surface area contributed by atoms with Gasteiger partial charge in [0.1, 0.15) is 11.9 Å². The molecule has 1 aromatic heterocycles. The molecule has 20 heavy (non-hydrogen) atoms. The standard InChI is InChI=1S/C12H11N3O4S/c1-14-10(13-7-11(14)15(16)17)8-18-12(20)19-9-5-3-2-4-6-9/h2-7H,8H2,1H3. The number of nitrogens with zero attached hydrogens (tertiary/aromatic N) is 3. The lowest BCUT2D eigenvalue weighted by Gasteiger charge is -2.07. The second-order valence-corrected chi connectivity index (χ2v) is 4.14. The molecule has 104 valence electrons. The van der Waals surface area contributed by atoms with E-state index in [1.54, 1.807) is 24.3 Å². The summed E-state index contributed by atoms with van der Waals surface area (Å²) in [6.45, 7) is -0.00396. The van der Waals surface area contributed by atoms with E-state index in [-0.39, 0.29) is 17.7 Å². The first kappa shape index (κ1) is 13.9. The summed E-state index contributed by atoms with van der Waals surface area (Å²) >= 11 is 4.92. The summed E-state index contributed by atoms with van der Waals surface area (Å²) in [6.07, 6.45) is 1.17. The lowest BCUT2D eigenvalue weighted by molar-refractivity contribution is -0.391. The third kappa shape index (κ3) is 3.29. The Kier molecular flexibility index (Phi) is 4.26. The molecule has 8 heteroatoms. The summed E-state index contributed by atoms with van der Waals surface area (Å²) in [6, 6.07) is 8.94. The van der Waals surface area contributed by atoms with Gasteiger partial charge in [0, 0.05) is 12.2 Å². The van der Waals surface area contributed by atoms with Gasteiger partial charge in [-0.05, 0) is 17.1 Å². The summed E-state index contributed by atoms with van der Waals surface area (Å²) in [5.41, 5.74) is 0. The van der Waals surface area contributed by atoms with Crippen molar-refractivity contribution in [2.45, 2.75) is 6.61 Å². The predicted octanol–water partition coefficient (Wildman–Crippen LogP) is 2.21. The zero-order valence-electron chi connectivity index (χ0n) is 10.6. The molecule has 2 aromatic rings. The molecule has 1 heterocycles. The van der Waals surface area contributed by atoms with Crippen molar-refractivity contribution in [1.29, 1.82) is 0 Å². The third-order valence-electron chi connectivity index (χ3n) is 2.51. The lowest BCUT2D eigenvalue weighted by Crippen LogP contribution is -2.12. The molecule has 0 bridgehead atoms. The van der Waals surface area contributed by atoms with Crippen LogP contribution in [0.25, 0.3) is 0 Å². The van der Waals surface area contributed by atoms with E-state index in [0.29, 0.717) is 11.6 Å². The van der Waals surface area contributed by atoms with Gasteiger partial charge >= 0.3 is 11.1 Å². The Morgan fingerprint density at radius 3 is 2.75 bits per heavy atom. The Hall–Kier alpha value is -2.48. The first-order chi connectivity index (χ1) is 9.58. The number of ether oxygens (including phenoxy) is 2. The van der Waals surface area contributed by atoms with E-state index in [4.69, 9.17) is 21.7 Å². The van der Waals surface area contributed by atoms with Gasteiger partial charge in [0.05, 0.1) is 7.05 Å². The van der Waals surface area contributed by atoms with E-state index in [1.165, 1.54) is 17.8 Å². The minimum absolute atomic E-state index is 0.00396. The van der Waals surface area contributed by atoms with Crippen LogP contribution in [0.5, 0.6) is 5.75 Å². The summed E-state index contributed by atoms with van der Waals surface area (Å²) in [5.74, 6) is 0.831. The molecule has 0 N–H and O–H groups in total. The highest BCUT2D eigenvalue weighted by molar-refractivity contribution is 7.79. The Labute approximate surface area is 119 Å². The number of para-hydroxylation sites is 1.